The van der Waals surface area contributed by atoms with Crippen LogP contribution in [0.5, 0.6) is 5.88 Å². The Balaban J connectivity index is 1.56. The molecule has 7 heteroatoms. The minimum absolute atomic E-state index is 0.0604. The first kappa shape index (κ1) is 16.2. The number of aromatic nitrogens is 1. The van der Waals surface area contributed by atoms with Gasteiger partial charge >= 0.3 is 0 Å². The van der Waals surface area contributed by atoms with Gasteiger partial charge in [0.25, 0.3) is 0 Å². The quantitative estimate of drug-likeness (QED) is 0.909. The largest absolute Gasteiger partial charge is 0.474 e. The maximum Gasteiger partial charge on any atom is 0.228 e. The Hall–Kier alpha value is -1.63. The number of carbonyl (C=O) groups excluding carboxylic acids is 1. The average molecular weight is 338 g/mol. The molecule has 1 aromatic heterocycles. The van der Waals surface area contributed by atoms with E-state index < -0.39 is 15.8 Å². The minimum atomic E-state index is -3.09. The minimum Gasteiger partial charge on any atom is -0.474 e. The van der Waals surface area contributed by atoms with Crippen LogP contribution < -0.4 is 10.1 Å². The highest BCUT2D eigenvalue weighted by Crippen LogP contribution is 2.24. The predicted molar refractivity (Wildman–Crippen MR) is 87.1 cm³/mol. The Morgan fingerprint density at radius 3 is 2.61 bits per heavy atom. The van der Waals surface area contributed by atoms with E-state index in [9.17, 15) is 13.2 Å². The lowest BCUT2D eigenvalue weighted by Crippen LogP contribution is -2.34. The fourth-order valence-electron chi connectivity index (χ4n) is 3.17. The molecule has 1 atom stereocenters. The molecule has 1 aromatic rings. The van der Waals surface area contributed by atoms with Crippen molar-refractivity contribution in [1.29, 1.82) is 0 Å². The van der Waals surface area contributed by atoms with Crippen LogP contribution in [0.3, 0.4) is 0 Å². The molecule has 2 fully saturated rings. The highest BCUT2D eigenvalue weighted by atomic mass is 32.2. The van der Waals surface area contributed by atoms with Crippen molar-refractivity contribution in [3.8, 4) is 5.88 Å². The molecule has 1 saturated carbocycles. The third-order valence-corrected chi connectivity index (χ3v) is 6.25. The summed E-state index contributed by atoms with van der Waals surface area (Å²) in [5.41, 5.74) is 0.566. The number of sulfone groups is 1. The number of ether oxygens (including phenoxy) is 1. The standard InChI is InChI=1S/C16H22N2O4S/c19-16(12-4-3-9-23(20,21)11-12)18-13-7-8-15(17-10-13)22-14-5-1-2-6-14/h7-8,10,12,14H,1-6,9,11H2,(H,18,19). The molecule has 1 aliphatic heterocycles. The van der Waals surface area contributed by atoms with E-state index >= 15 is 0 Å². The lowest BCUT2D eigenvalue weighted by molar-refractivity contribution is -0.119. The Morgan fingerprint density at radius 1 is 1.17 bits per heavy atom. The SMILES string of the molecule is O=C(Nc1ccc(OC2CCCC2)nc1)C1CCCS(=O)(=O)C1. The average Bonchev–Trinajstić information content (AvgIpc) is 3.01. The number of hydrogen-bond acceptors (Lipinski definition) is 5. The first-order chi connectivity index (χ1) is 11.0. The van der Waals surface area contributed by atoms with Crippen molar-refractivity contribution < 1.29 is 17.9 Å². The Labute approximate surface area is 136 Å². The van der Waals surface area contributed by atoms with Crippen LogP contribution in [-0.2, 0) is 14.6 Å². The van der Waals surface area contributed by atoms with Crippen molar-refractivity contribution in [1.82, 2.24) is 4.98 Å². The van der Waals surface area contributed by atoms with E-state index in [-0.39, 0.29) is 23.5 Å². The predicted octanol–water partition coefficient (Wildman–Crippen LogP) is 2.17. The van der Waals surface area contributed by atoms with Gasteiger partial charge in [-0.25, -0.2) is 13.4 Å². The second-order valence-electron chi connectivity index (χ2n) is 6.35. The monoisotopic (exact) mass is 338 g/mol. The third kappa shape index (κ3) is 4.43. The number of hydrogen-bond donors (Lipinski definition) is 1. The van der Waals surface area contributed by atoms with Gasteiger partial charge in [0.05, 0.1) is 29.3 Å². The van der Waals surface area contributed by atoms with Crippen LogP contribution in [-0.4, -0.2) is 36.9 Å². The van der Waals surface area contributed by atoms with Gasteiger partial charge < -0.3 is 10.1 Å². The number of amides is 1. The molecule has 1 amide bonds. The molecule has 3 rings (SSSR count). The summed E-state index contributed by atoms with van der Waals surface area (Å²) >= 11 is 0. The van der Waals surface area contributed by atoms with Crippen LogP contribution in [0.4, 0.5) is 5.69 Å². The van der Waals surface area contributed by atoms with Gasteiger partial charge in [-0.2, -0.15) is 0 Å². The summed E-state index contributed by atoms with van der Waals surface area (Å²) in [6.07, 6.45) is 7.49. The second-order valence-corrected chi connectivity index (χ2v) is 8.58. The first-order valence-electron chi connectivity index (χ1n) is 8.16. The molecule has 1 saturated heterocycles. The first-order valence-corrected chi connectivity index (χ1v) is 9.98. The van der Waals surface area contributed by atoms with Crippen LogP contribution in [0, 0.1) is 5.92 Å². The Kier molecular flexibility index (Phi) is 4.84. The van der Waals surface area contributed by atoms with Crippen LogP contribution >= 0.6 is 0 Å². The molecule has 0 spiro atoms. The lowest BCUT2D eigenvalue weighted by Gasteiger charge is -2.21. The van der Waals surface area contributed by atoms with Crippen molar-refractivity contribution in [3.63, 3.8) is 0 Å². The molecule has 2 aliphatic rings. The molecule has 23 heavy (non-hydrogen) atoms. The van der Waals surface area contributed by atoms with E-state index in [0.717, 1.165) is 12.8 Å². The summed E-state index contributed by atoms with van der Waals surface area (Å²) in [4.78, 5) is 16.4. The number of rotatable bonds is 4. The van der Waals surface area contributed by atoms with Gasteiger partial charge in [-0.15, -0.1) is 0 Å². The van der Waals surface area contributed by atoms with Gasteiger partial charge in [0, 0.05) is 6.07 Å². The second kappa shape index (κ2) is 6.86. The zero-order valence-electron chi connectivity index (χ0n) is 13.0. The maximum atomic E-state index is 12.2. The normalized spacial score (nSPS) is 24.3. The molecule has 0 aromatic carbocycles. The number of pyridine rings is 1. The molecular weight excluding hydrogens is 316 g/mol. The van der Waals surface area contributed by atoms with Crippen LogP contribution in [0.25, 0.3) is 0 Å². The summed E-state index contributed by atoms with van der Waals surface area (Å²) in [6, 6.07) is 3.48. The number of carbonyl (C=O) groups is 1. The van der Waals surface area contributed by atoms with Gasteiger partial charge in [0.1, 0.15) is 6.10 Å². The lowest BCUT2D eigenvalue weighted by atomic mass is 10.0. The van der Waals surface area contributed by atoms with Crippen LogP contribution in [0.2, 0.25) is 0 Å². The summed E-state index contributed by atoms with van der Waals surface area (Å²) < 4.78 is 29.0. The van der Waals surface area contributed by atoms with Crippen LogP contribution in [0.15, 0.2) is 18.3 Å². The van der Waals surface area contributed by atoms with Crippen LogP contribution in [0.1, 0.15) is 38.5 Å². The van der Waals surface area contributed by atoms with Crippen molar-refractivity contribution in [2.45, 2.75) is 44.6 Å². The van der Waals surface area contributed by atoms with Crippen molar-refractivity contribution in [2.75, 3.05) is 16.8 Å². The van der Waals surface area contributed by atoms with Gasteiger partial charge in [-0.1, -0.05) is 0 Å². The van der Waals surface area contributed by atoms with Gasteiger partial charge in [0.15, 0.2) is 9.84 Å². The molecule has 2 heterocycles. The number of nitrogens with one attached hydrogen (secondary N) is 1. The fourth-order valence-corrected chi connectivity index (χ4v) is 4.88. The van der Waals surface area contributed by atoms with E-state index in [4.69, 9.17) is 4.74 Å². The summed E-state index contributed by atoms with van der Waals surface area (Å²) in [7, 11) is -3.09. The van der Waals surface area contributed by atoms with Crippen molar-refractivity contribution in [3.05, 3.63) is 18.3 Å². The maximum absolute atomic E-state index is 12.2. The molecule has 6 nitrogen and oxygen atoms in total. The zero-order chi connectivity index (χ0) is 16.3. The number of nitrogens with zero attached hydrogens (tertiary/aromatic N) is 1. The highest BCUT2D eigenvalue weighted by Gasteiger charge is 2.29. The summed E-state index contributed by atoms with van der Waals surface area (Å²) in [5.74, 6) is -0.0291. The Morgan fingerprint density at radius 2 is 1.96 bits per heavy atom. The molecule has 1 unspecified atom stereocenters. The molecule has 1 N–H and O–H groups in total. The Bertz CT molecular complexity index is 651. The van der Waals surface area contributed by atoms with E-state index in [1.165, 1.54) is 12.8 Å². The molecular formula is C16H22N2O4S. The summed E-state index contributed by atoms with van der Waals surface area (Å²) in [6.45, 7) is 0. The van der Waals surface area contributed by atoms with E-state index in [2.05, 4.69) is 10.3 Å². The van der Waals surface area contributed by atoms with Gasteiger partial charge in [0.2, 0.25) is 11.8 Å². The molecule has 0 bridgehead atoms. The van der Waals surface area contributed by atoms with Crippen molar-refractivity contribution >= 4 is 21.4 Å². The number of anilines is 1. The topological polar surface area (TPSA) is 85.4 Å². The van der Waals surface area contributed by atoms with E-state index in [0.29, 0.717) is 24.4 Å². The smallest absolute Gasteiger partial charge is 0.228 e. The van der Waals surface area contributed by atoms with Gasteiger partial charge in [-0.3, -0.25) is 4.79 Å². The molecule has 0 radical (unpaired) electrons. The third-order valence-electron chi connectivity index (χ3n) is 4.43. The molecule has 1 aliphatic carbocycles. The summed E-state index contributed by atoms with van der Waals surface area (Å²) in [5, 5.41) is 2.75. The zero-order valence-corrected chi connectivity index (χ0v) is 13.8. The highest BCUT2D eigenvalue weighted by molar-refractivity contribution is 7.91. The van der Waals surface area contributed by atoms with E-state index in [1.54, 1.807) is 18.3 Å². The molecule has 126 valence electrons. The van der Waals surface area contributed by atoms with E-state index in [1.807, 2.05) is 0 Å². The van der Waals surface area contributed by atoms with Crippen molar-refractivity contribution in [2.24, 2.45) is 5.92 Å². The van der Waals surface area contributed by atoms with Gasteiger partial charge in [-0.05, 0) is 44.6 Å². The fraction of sp³-hybridized carbons (Fsp3) is 0.625.